The summed E-state index contributed by atoms with van der Waals surface area (Å²) in [7, 11) is 1.57. The predicted molar refractivity (Wildman–Crippen MR) is 81.8 cm³/mol. The predicted octanol–water partition coefficient (Wildman–Crippen LogP) is 0.617. The maximum absolute atomic E-state index is 11.9. The molecular formula is C15H15NO4S. The second-order valence-corrected chi connectivity index (χ2v) is 5.15. The van der Waals surface area contributed by atoms with Crippen LogP contribution in [-0.4, -0.2) is 24.7 Å². The molecule has 0 fully saturated rings. The van der Waals surface area contributed by atoms with Crippen LogP contribution in [0.15, 0.2) is 29.1 Å². The van der Waals surface area contributed by atoms with Crippen molar-refractivity contribution in [2.45, 2.75) is 6.92 Å². The Morgan fingerprint density at radius 1 is 1.38 bits per heavy atom. The van der Waals surface area contributed by atoms with E-state index in [0.29, 0.717) is 21.6 Å². The average Bonchev–Trinajstić information content (AvgIpc) is 2.79. The molecule has 1 aromatic carbocycles. The summed E-state index contributed by atoms with van der Waals surface area (Å²) in [5.74, 6) is 0.208. The Balaban J connectivity index is 2.46. The van der Waals surface area contributed by atoms with Crippen molar-refractivity contribution in [3.05, 3.63) is 49.4 Å². The highest BCUT2D eigenvalue weighted by molar-refractivity contribution is 7.07. The normalized spacial score (nSPS) is 12.5. The number of aromatic nitrogens is 1. The highest BCUT2D eigenvalue weighted by Gasteiger charge is 2.01. The van der Waals surface area contributed by atoms with Gasteiger partial charge in [-0.25, -0.2) is 4.79 Å². The molecule has 21 heavy (non-hydrogen) atoms. The number of ether oxygens (including phenoxy) is 2. The number of thiazole rings is 1. The Hall–Kier alpha value is -2.34. The van der Waals surface area contributed by atoms with Crippen LogP contribution >= 0.6 is 11.3 Å². The molecule has 0 radical (unpaired) electrons. The standard InChI is InChI=1S/C15H15NO4S/c1-3-20-14(17)9-13-16-15(18)12(21-13)8-10-6-4-5-7-11(10)19-2/h4-9H,3H2,1-2H3,(H,16,18)/b12-8+,13-9+. The molecule has 0 amide bonds. The highest BCUT2D eigenvalue weighted by Crippen LogP contribution is 2.17. The van der Waals surface area contributed by atoms with Crippen LogP contribution in [0.25, 0.3) is 12.2 Å². The molecular weight excluding hydrogens is 290 g/mol. The molecule has 1 heterocycles. The Morgan fingerprint density at radius 3 is 2.86 bits per heavy atom. The van der Waals surface area contributed by atoms with E-state index in [1.54, 1.807) is 20.1 Å². The van der Waals surface area contributed by atoms with Gasteiger partial charge in [-0.05, 0) is 19.1 Å². The van der Waals surface area contributed by atoms with E-state index in [0.717, 1.165) is 5.56 Å². The second-order valence-electron chi connectivity index (χ2n) is 4.07. The summed E-state index contributed by atoms with van der Waals surface area (Å²) in [5.41, 5.74) is 0.552. The summed E-state index contributed by atoms with van der Waals surface area (Å²) >= 11 is 1.19. The molecule has 0 atom stereocenters. The number of para-hydroxylation sites is 1. The van der Waals surface area contributed by atoms with Gasteiger partial charge in [0, 0.05) is 5.56 Å². The first-order valence-electron chi connectivity index (χ1n) is 6.36. The SMILES string of the molecule is CCOC(=O)/C=c1\[nH]c(=O)/c(=C\c2ccccc2OC)s1. The number of hydrogen-bond acceptors (Lipinski definition) is 5. The van der Waals surface area contributed by atoms with Crippen LogP contribution in [0.2, 0.25) is 0 Å². The zero-order valence-electron chi connectivity index (χ0n) is 11.7. The molecule has 110 valence electrons. The fraction of sp³-hybridized carbons (Fsp3) is 0.200. The van der Waals surface area contributed by atoms with Crippen molar-refractivity contribution in [1.82, 2.24) is 4.98 Å². The van der Waals surface area contributed by atoms with E-state index in [2.05, 4.69) is 4.98 Å². The van der Waals surface area contributed by atoms with Gasteiger partial charge in [0.1, 0.15) is 10.4 Å². The van der Waals surface area contributed by atoms with Crippen molar-refractivity contribution in [2.75, 3.05) is 13.7 Å². The zero-order chi connectivity index (χ0) is 15.2. The lowest BCUT2D eigenvalue weighted by atomic mass is 10.2. The lowest BCUT2D eigenvalue weighted by Crippen LogP contribution is -2.20. The summed E-state index contributed by atoms with van der Waals surface area (Å²) in [6.07, 6.45) is 3.00. The van der Waals surface area contributed by atoms with E-state index in [9.17, 15) is 9.59 Å². The topological polar surface area (TPSA) is 68.4 Å². The number of H-pyrrole nitrogens is 1. The molecule has 0 saturated carbocycles. The van der Waals surface area contributed by atoms with E-state index in [1.165, 1.54) is 17.4 Å². The third-order valence-corrected chi connectivity index (χ3v) is 3.60. The summed E-state index contributed by atoms with van der Waals surface area (Å²) in [6, 6.07) is 7.39. The van der Waals surface area contributed by atoms with Crippen LogP contribution < -0.4 is 19.5 Å². The van der Waals surface area contributed by atoms with E-state index >= 15 is 0 Å². The van der Waals surface area contributed by atoms with Gasteiger partial charge >= 0.3 is 5.97 Å². The van der Waals surface area contributed by atoms with Crippen molar-refractivity contribution >= 4 is 29.5 Å². The summed E-state index contributed by atoms with van der Waals surface area (Å²) in [6.45, 7) is 2.02. The first-order chi connectivity index (χ1) is 10.1. The number of methoxy groups -OCH3 is 1. The van der Waals surface area contributed by atoms with Crippen molar-refractivity contribution < 1.29 is 14.3 Å². The van der Waals surface area contributed by atoms with Gasteiger partial charge in [0.15, 0.2) is 0 Å². The minimum Gasteiger partial charge on any atom is -0.496 e. The van der Waals surface area contributed by atoms with Crippen molar-refractivity contribution in [2.24, 2.45) is 0 Å². The quantitative estimate of drug-likeness (QED) is 0.841. The van der Waals surface area contributed by atoms with E-state index in [1.807, 2.05) is 24.3 Å². The zero-order valence-corrected chi connectivity index (χ0v) is 12.5. The van der Waals surface area contributed by atoms with Crippen LogP contribution in [0.1, 0.15) is 12.5 Å². The van der Waals surface area contributed by atoms with Crippen LogP contribution in [0, 0.1) is 0 Å². The molecule has 1 N–H and O–H groups in total. The molecule has 2 rings (SSSR count). The number of carbonyl (C=O) groups is 1. The number of aromatic amines is 1. The van der Waals surface area contributed by atoms with Gasteiger partial charge in [-0.15, -0.1) is 11.3 Å². The van der Waals surface area contributed by atoms with Gasteiger partial charge in [0.2, 0.25) is 0 Å². The number of rotatable bonds is 4. The Morgan fingerprint density at radius 2 is 2.14 bits per heavy atom. The maximum atomic E-state index is 11.9. The maximum Gasteiger partial charge on any atom is 0.333 e. The summed E-state index contributed by atoms with van der Waals surface area (Å²) < 4.78 is 11.0. The van der Waals surface area contributed by atoms with E-state index in [-0.39, 0.29) is 5.56 Å². The molecule has 0 unspecified atom stereocenters. The van der Waals surface area contributed by atoms with Gasteiger partial charge in [-0.2, -0.15) is 0 Å². The molecule has 0 aliphatic heterocycles. The molecule has 0 saturated heterocycles. The number of esters is 1. The van der Waals surface area contributed by atoms with Gasteiger partial charge in [-0.3, -0.25) is 4.79 Å². The molecule has 0 bridgehead atoms. The summed E-state index contributed by atoms with van der Waals surface area (Å²) in [4.78, 5) is 25.9. The smallest absolute Gasteiger partial charge is 0.333 e. The van der Waals surface area contributed by atoms with Crippen molar-refractivity contribution in [3.63, 3.8) is 0 Å². The number of carbonyl (C=O) groups excluding carboxylic acids is 1. The third-order valence-electron chi connectivity index (χ3n) is 2.64. The van der Waals surface area contributed by atoms with Gasteiger partial charge in [0.05, 0.1) is 24.3 Å². The van der Waals surface area contributed by atoms with E-state index < -0.39 is 5.97 Å². The molecule has 1 aromatic heterocycles. The van der Waals surface area contributed by atoms with Crippen LogP contribution in [-0.2, 0) is 9.53 Å². The molecule has 0 aliphatic carbocycles. The first kappa shape index (κ1) is 15.1. The lowest BCUT2D eigenvalue weighted by Gasteiger charge is -2.02. The molecule has 0 aliphatic rings. The summed E-state index contributed by atoms with van der Waals surface area (Å²) in [5, 5.41) is 0. The number of nitrogens with one attached hydrogen (secondary N) is 1. The van der Waals surface area contributed by atoms with Crippen molar-refractivity contribution in [1.29, 1.82) is 0 Å². The average molecular weight is 305 g/mol. The fourth-order valence-electron chi connectivity index (χ4n) is 1.74. The number of hydrogen-bond donors (Lipinski definition) is 1. The molecule has 5 nitrogen and oxygen atoms in total. The van der Waals surface area contributed by atoms with Crippen LogP contribution in [0.4, 0.5) is 0 Å². The minimum atomic E-state index is -0.473. The second kappa shape index (κ2) is 6.90. The van der Waals surface area contributed by atoms with Gasteiger partial charge in [-0.1, -0.05) is 18.2 Å². The highest BCUT2D eigenvalue weighted by atomic mass is 32.1. The van der Waals surface area contributed by atoms with Crippen molar-refractivity contribution in [3.8, 4) is 5.75 Å². The van der Waals surface area contributed by atoms with E-state index in [4.69, 9.17) is 9.47 Å². The van der Waals surface area contributed by atoms with Gasteiger partial charge < -0.3 is 14.5 Å². The Kier molecular flexibility index (Phi) is 4.94. The first-order valence-corrected chi connectivity index (χ1v) is 7.18. The molecule has 6 heteroatoms. The largest absolute Gasteiger partial charge is 0.496 e. The fourth-order valence-corrected chi connectivity index (χ4v) is 2.61. The Labute approximate surface area is 125 Å². The molecule has 2 aromatic rings. The number of benzene rings is 1. The van der Waals surface area contributed by atoms with Crippen LogP contribution in [0.5, 0.6) is 5.75 Å². The van der Waals surface area contributed by atoms with Crippen LogP contribution in [0.3, 0.4) is 0 Å². The van der Waals surface area contributed by atoms with Gasteiger partial charge in [0.25, 0.3) is 5.56 Å². The molecule has 0 spiro atoms. The third kappa shape index (κ3) is 3.82. The minimum absolute atomic E-state index is 0.249. The lowest BCUT2D eigenvalue weighted by molar-refractivity contribution is -0.135. The Bertz CT molecular complexity index is 804. The monoisotopic (exact) mass is 305 g/mol.